The first-order chi connectivity index (χ1) is 14.1. The highest BCUT2D eigenvalue weighted by molar-refractivity contribution is 5.77. The van der Waals surface area contributed by atoms with Crippen molar-refractivity contribution in [3.63, 3.8) is 0 Å². The number of amides is 1. The molecule has 0 aromatic heterocycles. The van der Waals surface area contributed by atoms with Crippen LogP contribution in [0, 0.1) is 19.8 Å². The van der Waals surface area contributed by atoms with Gasteiger partial charge in [0.1, 0.15) is 6.61 Å². The van der Waals surface area contributed by atoms with E-state index in [-0.39, 0.29) is 12.5 Å². The van der Waals surface area contributed by atoms with Crippen LogP contribution in [-0.4, -0.2) is 55.1 Å². The number of methoxy groups -OCH3 is 1. The summed E-state index contributed by atoms with van der Waals surface area (Å²) in [5.41, 5.74) is 5.47. The summed E-state index contributed by atoms with van der Waals surface area (Å²) in [6.07, 6.45) is 1.04. The number of rotatable bonds is 5. The second-order valence-electron chi connectivity index (χ2n) is 8.66. The molecule has 2 aromatic rings. The van der Waals surface area contributed by atoms with E-state index in [1.807, 2.05) is 4.90 Å². The molecule has 4 heteroatoms. The number of fused-ring (bicyclic) bond motifs is 1. The zero-order valence-electron chi connectivity index (χ0n) is 17.8. The number of nitrogens with zero attached hydrogens (tertiary/aromatic N) is 2. The van der Waals surface area contributed by atoms with Crippen molar-refractivity contribution in [2.75, 3.05) is 33.4 Å². The highest BCUT2D eigenvalue weighted by Gasteiger charge is 2.45. The molecule has 0 aliphatic carbocycles. The molecule has 2 aliphatic heterocycles. The van der Waals surface area contributed by atoms with Gasteiger partial charge < -0.3 is 9.64 Å². The molecule has 0 bridgehead atoms. The smallest absolute Gasteiger partial charge is 0.248 e. The molecule has 0 N–H and O–H groups in total. The normalized spacial score (nSPS) is 24.5. The molecule has 2 aromatic carbocycles. The minimum absolute atomic E-state index is 0.117. The lowest BCUT2D eigenvalue weighted by Gasteiger charge is -2.39. The van der Waals surface area contributed by atoms with Crippen LogP contribution in [-0.2, 0) is 16.1 Å². The lowest BCUT2D eigenvalue weighted by atomic mass is 9.81. The maximum Gasteiger partial charge on any atom is 0.248 e. The molecule has 0 saturated carbocycles. The monoisotopic (exact) mass is 392 g/mol. The van der Waals surface area contributed by atoms with Crippen molar-refractivity contribution in [1.29, 1.82) is 0 Å². The maximum absolute atomic E-state index is 12.5. The van der Waals surface area contributed by atoms with Gasteiger partial charge in [-0.25, -0.2) is 0 Å². The van der Waals surface area contributed by atoms with Gasteiger partial charge in [-0.05, 0) is 42.5 Å². The van der Waals surface area contributed by atoms with Crippen LogP contribution in [0.4, 0.5) is 0 Å². The third-order valence-electron chi connectivity index (χ3n) is 6.85. The Morgan fingerprint density at radius 3 is 2.59 bits per heavy atom. The summed E-state index contributed by atoms with van der Waals surface area (Å²) >= 11 is 0. The third-order valence-corrected chi connectivity index (χ3v) is 6.85. The van der Waals surface area contributed by atoms with Gasteiger partial charge in [-0.1, -0.05) is 48.5 Å². The predicted molar refractivity (Wildman–Crippen MR) is 116 cm³/mol. The fourth-order valence-electron chi connectivity index (χ4n) is 5.13. The number of aryl methyl sites for hydroxylation is 2. The summed E-state index contributed by atoms with van der Waals surface area (Å²) in [6.45, 7) is 8.24. The number of piperidine rings is 1. The summed E-state index contributed by atoms with van der Waals surface area (Å²) in [4.78, 5) is 17.2. The lowest BCUT2D eigenvalue weighted by molar-refractivity contribution is -0.137. The summed E-state index contributed by atoms with van der Waals surface area (Å²) in [5, 5.41) is 0. The van der Waals surface area contributed by atoms with Crippen LogP contribution in [0.1, 0.15) is 34.6 Å². The van der Waals surface area contributed by atoms with Gasteiger partial charge in [0.05, 0.1) is 0 Å². The number of carbonyl (C=O) groups is 1. The third kappa shape index (κ3) is 4.24. The van der Waals surface area contributed by atoms with Gasteiger partial charge in [0.15, 0.2) is 0 Å². The average Bonchev–Trinajstić information content (AvgIpc) is 3.09. The van der Waals surface area contributed by atoms with E-state index < -0.39 is 0 Å². The van der Waals surface area contributed by atoms with Crippen LogP contribution < -0.4 is 0 Å². The van der Waals surface area contributed by atoms with Crippen LogP contribution in [0.25, 0.3) is 0 Å². The van der Waals surface area contributed by atoms with Gasteiger partial charge >= 0.3 is 0 Å². The van der Waals surface area contributed by atoms with E-state index in [0.29, 0.717) is 17.9 Å². The number of hydrogen-bond donors (Lipinski definition) is 0. The molecule has 1 amide bonds. The van der Waals surface area contributed by atoms with Crippen molar-refractivity contribution in [2.24, 2.45) is 5.92 Å². The van der Waals surface area contributed by atoms with Gasteiger partial charge in [-0.2, -0.15) is 0 Å². The number of likely N-dealkylation sites (tertiary alicyclic amines) is 2. The summed E-state index contributed by atoms with van der Waals surface area (Å²) < 4.78 is 5.11. The molecule has 2 heterocycles. The highest BCUT2D eigenvalue weighted by atomic mass is 16.5. The van der Waals surface area contributed by atoms with Crippen molar-refractivity contribution >= 4 is 5.91 Å². The number of ether oxygens (including phenoxy) is 1. The van der Waals surface area contributed by atoms with Crippen molar-refractivity contribution in [3.05, 3.63) is 70.8 Å². The largest absolute Gasteiger partial charge is 0.375 e. The van der Waals surface area contributed by atoms with E-state index >= 15 is 0 Å². The van der Waals surface area contributed by atoms with Gasteiger partial charge in [-0.3, -0.25) is 9.69 Å². The van der Waals surface area contributed by atoms with E-state index in [9.17, 15) is 4.79 Å². The van der Waals surface area contributed by atoms with Crippen LogP contribution in [0.3, 0.4) is 0 Å². The van der Waals surface area contributed by atoms with Gasteiger partial charge in [0.2, 0.25) is 5.91 Å². The molecule has 154 valence electrons. The average molecular weight is 393 g/mol. The molecule has 2 fully saturated rings. The highest BCUT2D eigenvalue weighted by Crippen LogP contribution is 2.42. The van der Waals surface area contributed by atoms with E-state index in [2.05, 4.69) is 67.3 Å². The fraction of sp³-hybridized carbons (Fsp3) is 0.480. The zero-order chi connectivity index (χ0) is 20.4. The summed E-state index contributed by atoms with van der Waals surface area (Å²) in [7, 11) is 1.60. The predicted octanol–water partition coefficient (Wildman–Crippen LogP) is 3.77. The first kappa shape index (κ1) is 20.1. The molecular formula is C25H32N2O2. The second kappa shape index (κ2) is 8.68. The number of carbonyl (C=O) groups excluding carboxylic acids is 1. The number of hydrogen-bond acceptors (Lipinski definition) is 3. The Balaban J connectivity index is 1.60. The Morgan fingerprint density at radius 2 is 1.86 bits per heavy atom. The molecule has 2 saturated heterocycles. The molecule has 3 atom stereocenters. The molecule has 0 radical (unpaired) electrons. The first-order valence-corrected chi connectivity index (χ1v) is 10.7. The Labute approximate surface area is 174 Å². The van der Waals surface area contributed by atoms with E-state index in [0.717, 1.165) is 32.6 Å². The summed E-state index contributed by atoms with van der Waals surface area (Å²) in [6, 6.07) is 18.2. The van der Waals surface area contributed by atoms with Gasteiger partial charge in [0, 0.05) is 51.2 Å². The molecule has 4 nitrogen and oxygen atoms in total. The van der Waals surface area contributed by atoms with Crippen molar-refractivity contribution < 1.29 is 9.53 Å². The number of benzene rings is 2. The molecule has 4 rings (SSSR count). The fourth-order valence-corrected chi connectivity index (χ4v) is 5.13. The SMILES string of the molecule is COCC(=O)N1CC[C@@H]2[C@H](C1)[C@@H](c1ccc(C)c(C)c1)CN2Cc1ccccc1. The van der Waals surface area contributed by atoms with Crippen LogP contribution in [0.2, 0.25) is 0 Å². The second-order valence-corrected chi connectivity index (χ2v) is 8.66. The molecule has 0 unspecified atom stereocenters. The Bertz CT molecular complexity index is 851. The molecule has 0 spiro atoms. The van der Waals surface area contributed by atoms with Crippen LogP contribution in [0.5, 0.6) is 0 Å². The van der Waals surface area contributed by atoms with E-state index in [1.54, 1.807) is 7.11 Å². The van der Waals surface area contributed by atoms with Crippen molar-refractivity contribution in [1.82, 2.24) is 9.80 Å². The summed E-state index contributed by atoms with van der Waals surface area (Å²) in [5.74, 6) is 1.04. The van der Waals surface area contributed by atoms with Gasteiger partial charge in [-0.15, -0.1) is 0 Å². The van der Waals surface area contributed by atoms with E-state index in [1.165, 1.54) is 22.3 Å². The molecular weight excluding hydrogens is 360 g/mol. The van der Waals surface area contributed by atoms with Crippen LogP contribution >= 0.6 is 0 Å². The minimum Gasteiger partial charge on any atom is -0.375 e. The standard InChI is InChI=1S/C25H32N2O2/c1-18-9-10-21(13-19(18)2)22-15-27(14-20-7-5-4-6-8-20)24-11-12-26(16-23(22)24)25(28)17-29-3/h4-10,13,22-24H,11-12,14-17H2,1-3H3/t22-,23-,24-/m1/s1. The van der Waals surface area contributed by atoms with Crippen molar-refractivity contribution in [3.8, 4) is 0 Å². The maximum atomic E-state index is 12.5. The Morgan fingerprint density at radius 1 is 1.07 bits per heavy atom. The van der Waals surface area contributed by atoms with Crippen LogP contribution in [0.15, 0.2) is 48.5 Å². The minimum atomic E-state index is 0.117. The van der Waals surface area contributed by atoms with E-state index in [4.69, 9.17) is 4.74 Å². The Hall–Kier alpha value is -2.17. The first-order valence-electron chi connectivity index (χ1n) is 10.7. The topological polar surface area (TPSA) is 32.8 Å². The Kier molecular flexibility index (Phi) is 6.02. The lowest BCUT2D eigenvalue weighted by Crippen LogP contribution is -2.49. The quantitative estimate of drug-likeness (QED) is 0.777. The van der Waals surface area contributed by atoms with Crippen molar-refractivity contribution in [2.45, 2.75) is 38.8 Å². The molecule has 2 aliphatic rings. The molecule has 29 heavy (non-hydrogen) atoms. The van der Waals surface area contributed by atoms with Gasteiger partial charge in [0.25, 0.3) is 0 Å². The zero-order valence-corrected chi connectivity index (χ0v) is 17.8.